The molecule has 0 amide bonds. The highest BCUT2D eigenvalue weighted by atomic mass is 31.2. The average molecular weight is 580 g/mol. The van der Waals surface area contributed by atoms with E-state index in [-0.39, 0.29) is 38.9 Å². The first-order chi connectivity index (χ1) is 17.9. The fraction of sp³-hybridized carbons (Fsp3) is 1.00. The van der Waals surface area contributed by atoms with Crippen LogP contribution in [-0.2, 0) is 32.6 Å². The van der Waals surface area contributed by atoms with Gasteiger partial charge in [0, 0.05) is 33.3 Å². The number of ether oxygens (including phenoxy) is 4. The highest BCUT2D eigenvalue weighted by molar-refractivity contribution is 7.53. The summed E-state index contributed by atoms with van der Waals surface area (Å²) >= 11 is 0. The molecule has 10 atom stereocenters. The largest absolute Gasteiger partial charge is 0.396 e. The number of aliphatic hydroxyl groups excluding tert-OH is 6. The third-order valence-electron chi connectivity index (χ3n) is 6.05. The Kier molecular flexibility index (Phi) is 19.6. The van der Waals surface area contributed by atoms with E-state index in [0.29, 0.717) is 0 Å². The van der Waals surface area contributed by atoms with Gasteiger partial charge < -0.3 is 64.4 Å². The van der Waals surface area contributed by atoms with E-state index in [9.17, 15) is 35.2 Å². The van der Waals surface area contributed by atoms with Gasteiger partial charge in [0.15, 0.2) is 12.6 Å². The zero-order chi connectivity index (χ0) is 29.5. The van der Waals surface area contributed by atoms with Crippen LogP contribution in [0.4, 0.5) is 0 Å². The Labute approximate surface area is 225 Å². The Bertz CT molecular complexity index is 638. The van der Waals surface area contributed by atoms with E-state index in [2.05, 4.69) is 0 Å². The lowest BCUT2D eigenvalue weighted by Crippen LogP contribution is -2.55. The molecule has 0 saturated carbocycles. The van der Waals surface area contributed by atoms with Crippen LogP contribution in [0, 0.1) is 11.8 Å². The number of aliphatic hydroxyl groups is 6. The maximum Gasteiger partial charge on any atom is 0.330 e. The van der Waals surface area contributed by atoms with Crippen LogP contribution in [0.2, 0.25) is 0 Å². The van der Waals surface area contributed by atoms with Crippen LogP contribution in [-0.4, -0.2) is 133 Å². The van der Waals surface area contributed by atoms with Gasteiger partial charge in [-0.3, -0.25) is 4.57 Å². The minimum absolute atomic E-state index is 0.00311. The second-order valence-electron chi connectivity index (χ2n) is 9.02. The van der Waals surface area contributed by atoms with E-state index in [1.807, 2.05) is 0 Å². The molecule has 0 spiro atoms. The van der Waals surface area contributed by atoms with Crippen LogP contribution < -0.4 is 5.73 Å². The van der Waals surface area contributed by atoms with E-state index < -0.39 is 75.2 Å². The van der Waals surface area contributed by atoms with Gasteiger partial charge in [-0.05, 0) is 26.2 Å². The molecule has 8 N–H and O–H groups in total. The van der Waals surface area contributed by atoms with Gasteiger partial charge in [-0.1, -0.05) is 13.8 Å². The van der Waals surface area contributed by atoms with Crippen LogP contribution in [0.25, 0.3) is 0 Å². The molecule has 0 aliphatic carbocycles. The van der Waals surface area contributed by atoms with Crippen molar-refractivity contribution >= 4 is 7.60 Å². The molecule has 10 unspecified atom stereocenters. The summed E-state index contributed by atoms with van der Waals surface area (Å²) in [6, 6.07) is 0. The van der Waals surface area contributed by atoms with Crippen molar-refractivity contribution in [1.82, 2.24) is 0 Å². The lowest BCUT2D eigenvalue weighted by atomic mass is 9.93. The lowest BCUT2D eigenvalue weighted by Gasteiger charge is -2.38. The predicted octanol–water partition coefficient (Wildman–Crippen LogP) is -0.983. The van der Waals surface area contributed by atoms with E-state index in [1.54, 1.807) is 20.8 Å². The molecule has 38 heavy (non-hydrogen) atoms. The van der Waals surface area contributed by atoms with Crippen molar-refractivity contribution in [2.24, 2.45) is 17.6 Å². The molecule has 0 saturated heterocycles. The molecular weight excluding hydrogens is 529 g/mol. The molecule has 0 radical (unpaired) electrons. The molecule has 230 valence electrons. The van der Waals surface area contributed by atoms with Gasteiger partial charge in [-0.15, -0.1) is 0 Å². The second-order valence-corrected chi connectivity index (χ2v) is 11.2. The summed E-state index contributed by atoms with van der Waals surface area (Å²) in [5.74, 6) is -1.41. The third-order valence-corrected chi connectivity index (χ3v) is 8.16. The van der Waals surface area contributed by atoms with Crippen molar-refractivity contribution in [3.63, 3.8) is 0 Å². The molecular formula is C23H50NO13P. The van der Waals surface area contributed by atoms with Crippen LogP contribution in [0.15, 0.2) is 0 Å². The number of hydrogen-bond acceptors (Lipinski definition) is 14. The average Bonchev–Trinajstić information content (AvgIpc) is 2.91. The Morgan fingerprint density at radius 2 is 1.32 bits per heavy atom. The van der Waals surface area contributed by atoms with Gasteiger partial charge in [0.05, 0.1) is 38.2 Å². The monoisotopic (exact) mass is 579 g/mol. The normalized spacial score (nSPS) is 20.7. The van der Waals surface area contributed by atoms with Gasteiger partial charge in [0.2, 0.25) is 0 Å². The molecule has 14 nitrogen and oxygen atoms in total. The summed E-state index contributed by atoms with van der Waals surface area (Å²) in [6.45, 7) is 6.47. The standard InChI is InChI=1S/C23H50NO13P/c1-7-35-38(31,36-8-2)12-9-14(3)16(26)18(28)20(30)22(32-5)37-21(23(33-6)34-11-10-24)19(29)17(27)15(4)13-25/h14-23,25-30H,7-13,24H2,1-6H3. The molecule has 0 heterocycles. The van der Waals surface area contributed by atoms with Gasteiger partial charge in [0.25, 0.3) is 0 Å². The zero-order valence-corrected chi connectivity index (χ0v) is 24.2. The smallest absolute Gasteiger partial charge is 0.330 e. The maximum atomic E-state index is 12.7. The Hall–Kier alpha value is -0.290. The topological polar surface area (TPSA) is 220 Å². The number of hydrogen-bond donors (Lipinski definition) is 7. The number of methoxy groups -OCH3 is 2. The summed E-state index contributed by atoms with van der Waals surface area (Å²) < 4.78 is 44.8. The lowest BCUT2D eigenvalue weighted by molar-refractivity contribution is -0.300. The second kappa shape index (κ2) is 19.7. The molecule has 0 aromatic carbocycles. The molecule has 0 aromatic heterocycles. The quantitative estimate of drug-likeness (QED) is 0.0571. The zero-order valence-electron chi connectivity index (χ0n) is 23.3. The third kappa shape index (κ3) is 12.1. The van der Waals surface area contributed by atoms with E-state index in [4.69, 9.17) is 33.7 Å². The molecule has 0 aromatic rings. The Morgan fingerprint density at radius 1 is 0.789 bits per heavy atom. The van der Waals surface area contributed by atoms with E-state index in [1.165, 1.54) is 14.0 Å². The van der Waals surface area contributed by atoms with Crippen LogP contribution >= 0.6 is 7.60 Å². The number of nitrogens with two attached hydrogens (primary N) is 1. The summed E-state index contributed by atoms with van der Waals surface area (Å²) in [7, 11) is -0.957. The summed E-state index contributed by atoms with van der Waals surface area (Å²) in [4.78, 5) is 0. The molecule has 0 bridgehead atoms. The summed E-state index contributed by atoms with van der Waals surface area (Å²) in [5, 5.41) is 62.8. The SMILES string of the molecule is CCOP(=O)(CCC(C)C(O)C(O)C(O)C(OC)OC(C(OC)OCCN)C(O)C(O)C(C)CO)OCC. The van der Waals surface area contributed by atoms with Gasteiger partial charge in [-0.2, -0.15) is 0 Å². The highest BCUT2D eigenvalue weighted by Gasteiger charge is 2.42. The van der Waals surface area contributed by atoms with Crippen molar-refractivity contribution in [3.8, 4) is 0 Å². The van der Waals surface area contributed by atoms with Crippen molar-refractivity contribution in [1.29, 1.82) is 0 Å². The summed E-state index contributed by atoms with van der Waals surface area (Å²) in [6.07, 6.45) is -12.5. The Morgan fingerprint density at radius 3 is 1.76 bits per heavy atom. The first-order valence-electron chi connectivity index (χ1n) is 12.8. The van der Waals surface area contributed by atoms with Gasteiger partial charge >= 0.3 is 7.60 Å². The highest BCUT2D eigenvalue weighted by Crippen LogP contribution is 2.49. The molecule has 0 rings (SSSR count). The van der Waals surface area contributed by atoms with Gasteiger partial charge in [0.1, 0.15) is 24.4 Å². The first-order valence-corrected chi connectivity index (χ1v) is 14.5. The van der Waals surface area contributed by atoms with E-state index in [0.717, 1.165) is 7.11 Å². The fourth-order valence-corrected chi connectivity index (χ4v) is 5.49. The van der Waals surface area contributed by atoms with Crippen molar-refractivity contribution in [3.05, 3.63) is 0 Å². The molecule has 15 heteroatoms. The minimum Gasteiger partial charge on any atom is -0.396 e. The van der Waals surface area contributed by atoms with Crippen molar-refractivity contribution < 1.29 is 63.2 Å². The number of rotatable bonds is 23. The fourth-order valence-electron chi connectivity index (χ4n) is 3.65. The minimum atomic E-state index is -3.38. The van der Waals surface area contributed by atoms with Crippen LogP contribution in [0.3, 0.4) is 0 Å². The van der Waals surface area contributed by atoms with Crippen molar-refractivity contribution in [2.75, 3.05) is 53.4 Å². The van der Waals surface area contributed by atoms with Crippen LogP contribution in [0.5, 0.6) is 0 Å². The van der Waals surface area contributed by atoms with Crippen molar-refractivity contribution in [2.45, 2.75) is 83.3 Å². The first kappa shape index (κ1) is 37.7. The van der Waals surface area contributed by atoms with E-state index >= 15 is 0 Å². The molecule has 0 aliphatic heterocycles. The van der Waals surface area contributed by atoms with Crippen LogP contribution in [0.1, 0.15) is 34.1 Å². The Balaban J connectivity index is 5.64. The molecule has 0 aliphatic rings. The van der Waals surface area contributed by atoms with Gasteiger partial charge in [-0.25, -0.2) is 0 Å². The summed E-state index contributed by atoms with van der Waals surface area (Å²) in [5.41, 5.74) is 5.47. The molecule has 0 fully saturated rings. The maximum absolute atomic E-state index is 12.7. The predicted molar refractivity (Wildman–Crippen MR) is 137 cm³/mol.